The highest BCUT2D eigenvalue weighted by Gasteiger charge is 2.32. The van der Waals surface area contributed by atoms with Crippen molar-refractivity contribution in [2.45, 2.75) is 32.8 Å². The second-order valence-electron chi connectivity index (χ2n) is 7.22. The van der Waals surface area contributed by atoms with Crippen LogP contribution in [0.25, 0.3) is 0 Å². The van der Waals surface area contributed by atoms with E-state index < -0.39 is 18.0 Å². The van der Waals surface area contributed by atoms with Crippen LogP contribution in [0.5, 0.6) is 11.5 Å². The molecule has 9 nitrogen and oxygen atoms in total. The number of esters is 2. The van der Waals surface area contributed by atoms with E-state index in [4.69, 9.17) is 18.9 Å². The van der Waals surface area contributed by atoms with Gasteiger partial charge in [0.05, 0.1) is 24.4 Å². The van der Waals surface area contributed by atoms with Crippen molar-refractivity contribution in [2.75, 3.05) is 26.4 Å². The highest BCUT2D eigenvalue weighted by Crippen LogP contribution is 2.41. The van der Waals surface area contributed by atoms with Gasteiger partial charge in [-0.1, -0.05) is 12.1 Å². The molecule has 2 aliphatic rings. The fourth-order valence-electron chi connectivity index (χ4n) is 3.10. The van der Waals surface area contributed by atoms with Crippen molar-refractivity contribution < 1.29 is 33.3 Å². The largest absolute Gasteiger partial charge is 0.483 e. The second-order valence-corrected chi connectivity index (χ2v) is 7.22. The molecule has 0 aliphatic carbocycles. The van der Waals surface area contributed by atoms with E-state index in [1.54, 1.807) is 13.0 Å². The van der Waals surface area contributed by atoms with Gasteiger partial charge in [-0.3, -0.25) is 0 Å². The lowest BCUT2D eigenvalue weighted by Gasteiger charge is -2.21. The Labute approximate surface area is 168 Å². The molecule has 29 heavy (non-hydrogen) atoms. The van der Waals surface area contributed by atoms with Crippen molar-refractivity contribution in [3.05, 3.63) is 35.0 Å². The van der Waals surface area contributed by atoms with Crippen LogP contribution in [0.4, 0.5) is 4.79 Å². The monoisotopic (exact) mass is 404 g/mol. The lowest BCUT2D eigenvalue weighted by atomic mass is 10.0. The number of benzene rings is 1. The van der Waals surface area contributed by atoms with E-state index in [1.165, 1.54) is 0 Å². The molecule has 0 saturated heterocycles. The summed E-state index contributed by atoms with van der Waals surface area (Å²) < 4.78 is 21.6. The smallest absolute Gasteiger partial charge is 0.344 e. The lowest BCUT2D eigenvalue weighted by Crippen LogP contribution is -2.45. The first-order valence-electron chi connectivity index (χ1n) is 9.32. The summed E-state index contributed by atoms with van der Waals surface area (Å²) in [4.78, 5) is 35.6. The number of nitrogens with one attached hydrogen (secondary N) is 2. The van der Waals surface area contributed by atoms with Crippen LogP contribution in [0.15, 0.2) is 29.5 Å². The van der Waals surface area contributed by atoms with Crippen molar-refractivity contribution in [1.29, 1.82) is 0 Å². The molecule has 0 spiro atoms. The topological polar surface area (TPSA) is 112 Å². The lowest BCUT2D eigenvalue weighted by molar-refractivity contribution is -0.145. The first-order valence-corrected chi connectivity index (χ1v) is 9.32. The molecular weight excluding hydrogens is 380 g/mol. The summed E-state index contributed by atoms with van der Waals surface area (Å²) in [7, 11) is 0. The number of hydrogen-bond donors (Lipinski definition) is 2. The van der Waals surface area contributed by atoms with Crippen molar-refractivity contribution >= 4 is 18.0 Å². The highest BCUT2D eigenvalue weighted by atomic mass is 16.6. The van der Waals surface area contributed by atoms with Crippen molar-refractivity contribution in [3.63, 3.8) is 0 Å². The average molecular weight is 404 g/mol. The molecule has 2 amide bonds. The molecule has 0 saturated carbocycles. The molecular formula is C20H24N2O7. The Balaban J connectivity index is 1.58. The zero-order valence-electron chi connectivity index (χ0n) is 16.6. The van der Waals surface area contributed by atoms with E-state index in [9.17, 15) is 14.4 Å². The van der Waals surface area contributed by atoms with Crippen molar-refractivity contribution in [1.82, 2.24) is 10.6 Å². The SMILES string of the molecule is CCOC(=O)C1=C(COC(=O)COc2cccc3c2OC(C)(C)C3)NC(=O)NC1. The summed E-state index contributed by atoms with van der Waals surface area (Å²) in [5, 5.41) is 4.95. The van der Waals surface area contributed by atoms with Gasteiger partial charge in [0.1, 0.15) is 12.2 Å². The Hall–Kier alpha value is -3.23. The fraction of sp³-hybridized carbons (Fsp3) is 0.450. The number of ether oxygens (including phenoxy) is 4. The molecule has 2 N–H and O–H groups in total. The molecule has 9 heteroatoms. The summed E-state index contributed by atoms with van der Waals surface area (Å²) in [5.41, 5.74) is 1.08. The molecule has 2 aliphatic heterocycles. The molecule has 0 radical (unpaired) electrons. The van der Waals surface area contributed by atoms with E-state index in [1.807, 2.05) is 26.0 Å². The van der Waals surface area contributed by atoms with Crippen LogP contribution in [0, 0.1) is 0 Å². The minimum absolute atomic E-state index is 0.00265. The molecule has 0 fully saturated rings. The van der Waals surface area contributed by atoms with Crippen LogP contribution < -0.4 is 20.1 Å². The number of hydrogen-bond acceptors (Lipinski definition) is 7. The quantitative estimate of drug-likeness (QED) is 0.662. The van der Waals surface area contributed by atoms with Crippen molar-refractivity contribution in [2.24, 2.45) is 0 Å². The first kappa shape index (κ1) is 20.5. The van der Waals surface area contributed by atoms with E-state index in [2.05, 4.69) is 10.6 Å². The molecule has 1 aromatic rings. The van der Waals surface area contributed by atoms with Crippen LogP contribution >= 0.6 is 0 Å². The zero-order chi connectivity index (χ0) is 21.0. The van der Waals surface area contributed by atoms with Crippen LogP contribution in [-0.2, 0) is 25.5 Å². The van der Waals surface area contributed by atoms with Gasteiger partial charge in [-0.15, -0.1) is 0 Å². The molecule has 0 aromatic heterocycles. The second kappa shape index (κ2) is 8.42. The number of fused-ring (bicyclic) bond motifs is 1. The fourth-order valence-corrected chi connectivity index (χ4v) is 3.10. The number of urea groups is 1. The first-order chi connectivity index (χ1) is 13.8. The van der Waals surface area contributed by atoms with Crippen LogP contribution in [0.3, 0.4) is 0 Å². The Bertz CT molecular complexity index is 860. The van der Waals surface area contributed by atoms with Crippen molar-refractivity contribution in [3.8, 4) is 11.5 Å². The molecule has 1 aromatic carbocycles. The van der Waals surface area contributed by atoms with Gasteiger partial charge in [-0.25, -0.2) is 14.4 Å². The summed E-state index contributed by atoms with van der Waals surface area (Å²) in [6, 6.07) is 5.03. The van der Waals surface area contributed by atoms with E-state index >= 15 is 0 Å². The van der Waals surface area contributed by atoms with Gasteiger partial charge >= 0.3 is 18.0 Å². The Kier molecular flexibility index (Phi) is 5.95. The standard InChI is InChI=1S/C20H24N2O7/c1-4-26-18(24)13-9-21-19(25)22-14(13)10-28-16(23)11-27-15-7-5-6-12-8-20(2,3)29-17(12)15/h5-7H,4,8-11H2,1-3H3,(H2,21,22,25). The molecule has 3 rings (SSSR count). The minimum atomic E-state index is -0.650. The predicted octanol–water partition coefficient (Wildman–Crippen LogP) is 1.45. The number of para-hydroxylation sites is 1. The summed E-state index contributed by atoms with van der Waals surface area (Å²) in [6.07, 6.45) is 0.752. The number of carbonyl (C=O) groups is 3. The van der Waals surface area contributed by atoms with Gasteiger partial charge in [-0.2, -0.15) is 0 Å². The van der Waals surface area contributed by atoms with Gasteiger partial charge in [0.2, 0.25) is 0 Å². The van der Waals surface area contributed by atoms with Crippen LogP contribution in [0.1, 0.15) is 26.3 Å². The zero-order valence-corrected chi connectivity index (χ0v) is 16.6. The molecule has 0 atom stereocenters. The van der Waals surface area contributed by atoms with Gasteiger partial charge in [0.25, 0.3) is 0 Å². The minimum Gasteiger partial charge on any atom is -0.483 e. The number of rotatable bonds is 7. The average Bonchev–Trinajstić information content (AvgIpc) is 2.99. The third-order valence-electron chi connectivity index (χ3n) is 4.35. The highest BCUT2D eigenvalue weighted by molar-refractivity contribution is 5.93. The van der Waals surface area contributed by atoms with Crippen LogP contribution in [0.2, 0.25) is 0 Å². The Morgan fingerprint density at radius 1 is 1.24 bits per heavy atom. The maximum absolute atomic E-state index is 12.1. The maximum Gasteiger partial charge on any atom is 0.344 e. The van der Waals surface area contributed by atoms with E-state index in [-0.39, 0.29) is 43.2 Å². The Morgan fingerprint density at radius 3 is 2.79 bits per heavy atom. The normalized spacial score (nSPS) is 16.9. The number of carbonyl (C=O) groups excluding carboxylic acids is 3. The molecule has 0 unspecified atom stereocenters. The maximum atomic E-state index is 12.1. The van der Waals surface area contributed by atoms with Gasteiger partial charge in [-0.05, 0) is 26.8 Å². The molecule has 0 bridgehead atoms. The van der Waals surface area contributed by atoms with Gasteiger partial charge in [0, 0.05) is 12.0 Å². The Morgan fingerprint density at radius 2 is 2.03 bits per heavy atom. The predicted molar refractivity (Wildman–Crippen MR) is 102 cm³/mol. The summed E-state index contributed by atoms with van der Waals surface area (Å²) in [6.45, 7) is 5.21. The van der Waals surface area contributed by atoms with E-state index in [0.717, 1.165) is 12.0 Å². The van der Waals surface area contributed by atoms with E-state index in [0.29, 0.717) is 11.5 Å². The number of amides is 2. The molecule has 156 valence electrons. The summed E-state index contributed by atoms with van der Waals surface area (Å²) >= 11 is 0. The summed E-state index contributed by atoms with van der Waals surface area (Å²) in [5.74, 6) is -0.139. The third kappa shape index (κ3) is 4.98. The van der Waals surface area contributed by atoms with Gasteiger partial charge in [0.15, 0.2) is 18.1 Å². The van der Waals surface area contributed by atoms with Gasteiger partial charge < -0.3 is 29.6 Å². The van der Waals surface area contributed by atoms with Crippen LogP contribution in [-0.4, -0.2) is 49.9 Å². The molecule has 2 heterocycles. The third-order valence-corrected chi connectivity index (χ3v) is 4.35.